The third kappa shape index (κ3) is 2.05. The maximum atomic E-state index is 11.8. The topological polar surface area (TPSA) is 57.6 Å². The fraction of sp³-hybridized carbons (Fsp3) is 0.800. The van der Waals surface area contributed by atoms with E-state index in [1.165, 1.54) is 4.90 Å². The van der Waals surface area contributed by atoms with Gasteiger partial charge in [0, 0.05) is 12.5 Å². The Bertz CT molecular complexity index is 240. The minimum absolute atomic E-state index is 0.0163. The van der Waals surface area contributed by atoms with E-state index in [0.29, 0.717) is 13.0 Å². The minimum Gasteiger partial charge on any atom is -0.480 e. The van der Waals surface area contributed by atoms with Crippen molar-refractivity contribution >= 4 is 11.9 Å². The van der Waals surface area contributed by atoms with Gasteiger partial charge >= 0.3 is 5.97 Å². The molecule has 1 fully saturated rings. The molecule has 1 aliphatic rings. The summed E-state index contributed by atoms with van der Waals surface area (Å²) in [5.41, 5.74) is 0. The van der Waals surface area contributed by atoms with Gasteiger partial charge in [-0.3, -0.25) is 4.79 Å². The Hall–Kier alpha value is -1.06. The van der Waals surface area contributed by atoms with E-state index in [4.69, 9.17) is 5.11 Å². The van der Waals surface area contributed by atoms with Gasteiger partial charge in [-0.25, -0.2) is 4.79 Å². The van der Waals surface area contributed by atoms with Gasteiger partial charge in [0.15, 0.2) is 0 Å². The summed E-state index contributed by atoms with van der Waals surface area (Å²) in [6.07, 6.45) is 2.17. The molecular formula is C10H17NO3. The van der Waals surface area contributed by atoms with Crippen LogP contribution in [0.25, 0.3) is 0 Å². The van der Waals surface area contributed by atoms with E-state index in [2.05, 4.69) is 0 Å². The molecule has 1 heterocycles. The summed E-state index contributed by atoms with van der Waals surface area (Å²) >= 11 is 0. The summed E-state index contributed by atoms with van der Waals surface area (Å²) in [5.74, 6) is -0.952. The zero-order chi connectivity index (χ0) is 10.7. The Morgan fingerprint density at radius 1 is 1.57 bits per heavy atom. The molecule has 0 bridgehead atoms. The summed E-state index contributed by atoms with van der Waals surface area (Å²) in [6, 6.07) is -0.587. The van der Waals surface area contributed by atoms with Crippen LogP contribution in [0.3, 0.4) is 0 Å². The van der Waals surface area contributed by atoms with Crippen LogP contribution in [0, 0.1) is 5.92 Å². The third-order valence-corrected chi connectivity index (χ3v) is 2.85. The molecule has 0 aliphatic carbocycles. The first-order valence-corrected chi connectivity index (χ1v) is 5.11. The van der Waals surface area contributed by atoms with Crippen molar-refractivity contribution in [2.24, 2.45) is 5.92 Å². The van der Waals surface area contributed by atoms with E-state index < -0.39 is 12.0 Å². The van der Waals surface area contributed by atoms with E-state index in [0.717, 1.165) is 12.8 Å². The SMILES string of the molecule is CCC(C)C(=O)N1CCC[C@H]1C(=O)O. The van der Waals surface area contributed by atoms with E-state index >= 15 is 0 Å². The van der Waals surface area contributed by atoms with Crippen molar-refractivity contribution in [1.82, 2.24) is 4.90 Å². The van der Waals surface area contributed by atoms with Crippen molar-refractivity contribution in [3.05, 3.63) is 0 Å². The highest BCUT2D eigenvalue weighted by atomic mass is 16.4. The molecule has 0 aromatic heterocycles. The molecule has 1 rings (SSSR count). The molecular weight excluding hydrogens is 182 g/mol. The number of likely N-dealkylation sites (tertiary alicyclic amines) is 1. The first-order valence-electron chi connectivity index (χ1n) is 5.11. The average molecular weight is 199 g/mol. The van der Waals surface area contributed by atoms with Gasteiger partial charge in [-0.05, 0) is 19.3 Å². The predicted molar refractivity (Wildman–Crippen MR) is 51.8 cm³/mol. The largest absolute Gasteiger partial charge is 0.480 e. The Morgan fingerprint density at radius 2 is 2.21 bits per heavy atom. The van der Waals surface area contributed by atoms with Gasteiger partial charge in [-0.2, -0.15) is 0 Å². The molecule has 1 unspecified atom stereocenters. The second kappa shape index (κ2) is 4.44. The van der Waals surface area contributed by atoms with Crippen LogP contribution in [-0.2, 0) is 9.59 Å². The summed E-state index contributed by atoms with van der Waals surface area (Å²) in [6.45, 7) is 4.38. The number of carbonyl (C=O) groups is 2. The maximum Gasteiger partial charge on any atom is 0.326 e. The monoisotopic (exact) mass is 199 g/mol. The first-order chi connectivity index (χ1) is 6.57. The van der Waals surface area contributed by atoms with Crippen LogP contribution in [0.2, 0.25) is 0 Å². The van der Waals surface area contributed by atoms with E-state index in [1.807, 2.05) is 13.8 Å². The van der Waals surface area contributed by atoms with Crippen LogP contribution >= 0.6 is 0 Å². The first kappa shape index (κ1) is 11.0. The Kier molecular flexibility index (Phi) is 3.49. The Balaban J connectivity index is 2.67. The van der Waals surface area contributed by atoms with Gasteiger partial charge < -0.3 is 10.0 Å². The van der Waals surface area contributed by atoms with Crippen molar-refractivity contribution < 1.29 is 14.7 Å². The van der Waals surface area contributed by atoms with Crippen molar-refractivity contribution in [2.75, 3.05) is 6.54 Å². The number of hydrogen-bond acceptors (Lipinski definition) is 2. The Labute approximate surface area is 83.9 Å². The van der Waals surface area contributed by atoms with Crippen LogP contribution in [0.1, 0.15) is 33.1 Å². The van der Waals surface area contributed by atoms with Gasteiger partial charge in [0.05, 0.1) is 0 Å². The second-order valence-electron chi connectivity index (χ2n) is 3.84. The van der Waals surface area contributed by atoms with Gasteiger partial charge in [0.2, 0.25) is 5.91 Å². The maximum absolute atomic E-state index is 11.8. The lowest BCUT2D eigenvalue weighted by Gasteiger charge is -2.24. The number of carbonyl (C=O) groups excluding carboxylic acids is 1. The molecule has 14 heavy (non-hydrogen) atoms. The minimum atomic E-state index is -0.876. The molecule has 0 saturated carbocycles. The normalized spacial score (nSPS) is 23.6. The van der Waals surface area contributed by atoms with Gasteiger partial charge in [-0.1, -0.05) is 13.8 Å². The highest BCUT2D eigenvalue weighted by molar-refractivity contribution is 5.85. The molecule has 4 nitrogen and oxygen atoms in total. The summed E-state index contributed by atoms with van der Waals surface area (Å²) in [5, 5.41) is 8.89. The highest BCUT2D eigenvalue weighted by Gasteiger charge is 2.35. The van der Waals surface area contributed by atoms with Crippen molar-refractivity contribution in [1.29, 1.82) is 0 Å². The van der Waals surface area contributed by atoms with Crippen LogP contribution in [0.5, 0.6) is 0 Å². The summed E-state index contributed by atoms with van der Waals surface area (Å²) in [4.78, 5) is 24.1. The molecule has 0 aromatic rings. The number of amides is 1. The molecule has 2 atom stereocenters. The fourth-order valence-electron chi connectivity index (χ4n) is 1.74. The van der Waals surface area contributed by atoms with Gasteiger partial charge in [0.25, 0.3) is 0 Å². The molecule has 1 amide bonds. The van der Waals surface area contributed by atoms with E-state index in [1.54, 1.807) is 0 Å². The fourth-order valence-corrected chi connectivity index (χ4v) is 1.74. The average Bonchev–Trinajstić information content (AvgIpc) is 2.63. The number of hydrogen-bond donors (Lipinski definition) is 1. The molecule has 1 saturated heterocycles. The molecule has 1 aliphatic heterocycles. The Morgan fingerprint density at radius 3 is 2.71 bits per heavy atom. The highest BCUT2D eigenvalue weighted by Crippen LogP contribution is 2.20. The van der Waals surface area contributed by atoms with Crippen molar-refractivity contribution in [3.8, 4) is 0 Å². The molecule has 80 valence electrons. The van der Waals surface area contributed by atoms with Gasteiger partial charge in [0.1, 0.15) is 6.04 Å². The number of rotatable bonds is 3. The smallest absolute Gasteiger partial charge is 0.326 e. The quantitative estimate of drug-likeness (QED) is 0.740. The molecule has 1 N–H and O–H groups in total. The van der Waals surface area contributed by atoms with Crippen LogP contribution in [-0.4, -0.2) is 34.5 Å². The van der Waals surface area contributed by atoms with Crippen molar-refractivity contribution in [3.63, 3.8) is 0 Å². The van der Waals surface area contributed by atoms with Crippen LogP contribution in [0.15, 0.2) is 0 Å². The number of aliphatic carboxylic acids is 1. The third-order valence-electron chi connectivity index (χ3n) is 2.85. The van der Waals surface area contributed by atoms with E-state index in [9.17, 15) is 9.59 Å². The van der Waals surface area contributed by atoms with E-state index in [-0.39, 0.29) is 11.8 Å². The summed E-state index contributed by atoms with van der Waals surface area (Å²) in [7, 11) is 0. The zero-order valence-electron chi connectivity index (χ0n) is 8.69. The second-order valence-corrected chi connectivity index (χ2v) is 3.84. The number of carboxylic acids is 1. The number of nitrogens with zero attached hydrogens (tertiary/aromatic N) is 1. The van der Waals surface area contributed by atoms with Gasteiger partial charge in [-0.15, -0.1) is 0 Å². The lowest BCUT2D eigenvalue weighted by atomic mass is 10.1. The molecule has 0 radical (unpaired) electrons. The molecule has 0 spiro atoms. The predicted octanol–water partition coefficient (Wildman–Crippen LogP) is 1.11. The standard InChI is InChI=1S/C10H17NO3/c1-3-7(2)9(12)11-6-4-5-8(11)10(13)14/h7-8H,3-6H2,1-2H3,(H,13,14)/t7?,8-/m0/s1. The number of carboxylic acid groups (broad SMARTS) is 1. The molecule has 0 aromatic carbocycles. The van der Waals surface area contributed by atoms with Crippen molar-refractivity contribution in [2.45, 2.75) is 39.2 Å². The van der Waals surface area contributed by atoms with Crippen LogP contribution < -0.4 is 0 Å². The lowest BCUT2D eigenvalue weighted by Crippen LogP contribution is -2.42. The lowest BCUT2D eigenvalue weighted by molar-refractivity contribution is -0.149. The molecule has 4 heteroatoms. The zero-order valence-corrected chi connectivity index (χ0v) is 8.69. The van der Waals surface area contributed by atoms with Crippen LogP contribution in [0.4, 0.5) is 0 Å². The summed E-state index contributed by atoms with van der Waals surface area (Å²) < 4.78 is 0.